The van der Waals surface area contributed by atoms with Crippen molar-refractivity contribution in [1.29, 1.82) is 0 Å². The number of carbonyl (C=O) groups excluding carboxylic acids is 2. The van der Waals surface area contributed by atoms with Gasteiger partial charge in [-0.25, -0.2) is 4.79 Å². The summed E-state index contributed by atoms with van der Waals surface area (Å²) in [5, 5.41) is 2.36. The van der Waals surface area contributed by atoms with Crippen molar-refractivity contribution in [3.8, 4) is 0 Å². The quantitative estimate of drug-likeness (QED) is 0.366. The van der Waals surface area contributed by atoms with Gasteiger partial charge in [0, 0.05) is 13.2 Å². The van der Waals surface area contributed by atoms with Crippen molar-refractivity contribution in [1.82, 2.24) is 5.32 Å². The highest BCUT2D eigenvalue weighted by molar-refractivity contribution is 6.32. The van der Waals surface area contributed by atoms with E-state index >= 15 is 0 Å². The fourth-order valence-corrected chi connectivity index (χ4v) is 0.650. The highest BCUT2D eigenvalue weighted by atomic mass is 16.5. The first-order valence-electron chi connectivity index (χ1n) is 4.25. The third kappa shape index (κ3) is 6.10. The molecule has 0 heterocycles. The van der Waals surface area contributed by atoms with Crippen molar-refractivity contribution < 1.29 is 19.1 Å². The maximum absolute atomic E-state index is 10.9. The minimum absolute atomic E-state index is 0.206. The van der Waals surface area contributed by atoms with Gasteiger partial charge in [-0.3, -0.25) is 4.79 Å². The number of carbonyl (C=O) groups is 2. The van der Waals surface area contributed by atoms with Gasteiger partial charge in [0.25, 0.3) is 0 Å². The number of hydrogen-bond acceptors (Lipinski definition) is 4. The molecule has 0 aromatic carbocycles. The van der Waals surface area contributed by atoms with Crippen LogP contribution in [0.3, 0.4) is 0 Å². The largest absolute Gasteiger partial charge is 0.459 e. The number of rotatable bonds is 5. The molecule has 0 rings (SSSR count). The summed E-state index contributed by atoms with van der Waals surface area (Å²) in [7, 11) is 0. The van der Waals surface area contributed by atoms with Gasteiger partial charge in [0.15, 0.2) is 0 Å². The molecule has 0 aromatic heterocycles. The van der Waals surface area contributed by atoms with Crippen LogP contribution in [-0.2, 0) is 19.1 Å². The molecular weight excluding hydrogens is 174 g/mol. The predicted octanol–water partition coefficient (Wildman–Crippen LogP) is -0.298. The molecule has 0 aliphatic rings. The van der Waals surface area contributed by atoms with Crippen molar-refractivity contribution in [2.24, 2.45) is 0 Å². The Morgan fingerprint density at radius 1 is 1.23 bits per heavy atom. The number of ether oxygens (including phenoxy) is 2. The SMILES string of the molecule is CCOCCNC(=O)C(=O)OCC. The fourth-order valence-electron chi connectivity index (χ4n) is 0.650. The first-order chi connectivity index (χ1) is 6.22. The molecule has 1 N–H and O–H groups in total. The van der Waals surface area contributed by atoms with E-state index in [4.69, 9.17) is 4.74 Å². The van der Waals surface area contributed by atoms with E-state index in [1.807, 2.05) is 6.92 Å². The van der Waals surface area contributed by atoms with Crippen LogP contribution >= 0.6 is 0 Å². The molecule has 0 aromatic rings. The number of hydrogen-bond donors (Lipinski definition) is 1. The van der Waals surface area contributed by atoms with Gasteiger partial charge in [-0.1, -0.05) is 0 Å². The molecule has 0 saturated carbocycles. The van der Waals surface area contributed by atoms with Gasteiger partial charge >= 0.3 is 11.9 Å². The molecule has 0 unspecified atom stereocenters. The summed E-state index contributed by atoms with van der Waals surface area (Å²) in [6, 6.07) is 0. The van der Waals surface area contributed by atoms with Gasteiger partial charge in [-0.05, 0) is 13.8 Å². The molecule has 13 heavy (non-hydrogen) atoms. The number of nitrogens with one attached hydrogen (secondary N) is 1. The molecule has 0 bridgehead atoms. The van der Waals surface area contributed by atoms with E-state index in [-0.39, 0.29) is 6.61 Å². The summed E-state index contributed by atoms with van der Waals surface area (Å²) in [6.45, 7) is 5.03. The second kappa shape index (κ2) is 7.54. The average Bonchev–Trinajstić information content (AvgIpc) is 2.12. The lowest BCUT2D eigenvalue weighted by Gasteiger charge is -2.03. The van der Waals surface area contributed by atoms with Crippen LogP contribution in [0.15, 0.2) is 0 Å². The van der Waals surface area contributed by atoms with Gasteiger partial charge in [0.1, 0.15) is 0 Å². The highest BCUT2D eigenvalue weighted by Gasteiger charge is 2.12. The van der Waals surface area contributed by atoms with Crippen LogP contribution in [0.4, 0.5) is 0 Å². The Balaban J connectivity index is 3.44. The molecule has 76 valence electrons. The third-order valence-corrected chi connectivity index (χ3v) is 1.20. The number of esters is 1. The zero-order valence-corrected chi connectivity index (χ0v) is 7.96. The second-order valence-electron chi connectivity index (χ2n) is 2.17. The molecule has 0 aliphatic carbocycles. The van der Waals surface area contributed by atoms with Crippen LogP contribution in [-0.4, -0.2) is 38.2 Å². The Bertz CT molecular complexity index is 170. The van der Waals surface area contributed by atoms with Gasteiger partial charge in [-0.15, -0.1) is 0 Å². The molecule has 0 saturated heterocycles. The minimum Gasteiger partial charge on any atom is -0.459 e. The first-order valence-corrected chi connectivity index (χ1v) is 4.25. The fraction of sp³-hybridized carbons (Fsp3) is 0.750. The topological polar surface area (TPSA) is 64.6 Å². The molecular formula is C8H15NO4. The summed E-state index contributed by atoms with van der Waals surface area (Å²) in [6.07, 6.45) is 0. The summed E-state index contributed by atoms with van der Waals surface area (Å²) < 4.78 is 9.43. The van der Waals surface area contributed by atoms with Crippen molar-refractivity contribution in [3.63, 3.8) is 0 Å². The van der Waals surface area contributed by atoms with E-state index in [1.165, 1.54) is 0 Å². The molecule has 5 heteroatoms. The normalized spacial score (nSPS) is 9.38. The predicted molar refractivity (Wildman–Crippen MR) is 46.1 cm³/mol. The Labute approximate surface area is 77.4 Å². The van der Waals surface area contributed by atoms with Crippen molar-refractivity contribution in [2.45, 2.75) is 13.8 Å². The molecule has 0 aliphatic heterocycles. The second-order valence-corrected chi connectivity index (χ2v) is 2.17. The van der Waals surface area contributed by atoms with Crippen LogP contribution < -0.4 is 5.32 Å². The Kier molecular flexibility index (Phi) is 6.91. The van der Waals surface area contributed by atoms with E-state index in [9.17, 15) is 9.59 Å². The molecule has 0 radical (unpaired) electrons. The zero-order valence-electron chi connectivity index (χ0n) is 7.96. The van der Waals surface area contributed by atoms with E-state index in [1.54, 1.807) is 6.92 Å². The summed E-state index contributed by atoms with van der Waals surface area (Å²) in [4.78, 5) is 21.6. The lowest BCUT2D eigenvalue weighted by Crippen LogP contribution is -2.34. The molecule has 0 fully saturated rings. The van der Waals surface area contributed by atoms with E-state index < -0.39 is 11.9 Å². The van der Waals surface area contributed by atoms with Crippen LogP contribution in [0.25, 0.3) is 0 Å². The Morgan fingerprint density at radius 3 is 2.46 bits per heavy atom. The van der Waals surface area contributed by atoms with Crippen LogP contribution in [0.1, 0.15) is 13.8 Å². The van der Waals surface area contributed by atoms with Crippen molar-refractivity contribution in [3.05, 3.63) is 0 Å². The lowest BCUT2D eigenvalue weighted by atomic mass is 10.5. The standard InChI is InChI=1S/C8H15NO4/c1-3-12-6-5-9-7(10)8(11)13-4-2/h3-6H2,1-2H3,(H,9,10). The monoisotopic (exact) mass is 189 g/mol. The summed E-state index contributed by atoms with van der Waals surface area (Å²) in [5.74, 6) is -1.57. The minimum atomic E-state index is -0.848. The van der Waals surface area contributed by atoms with Crippen molar-refractivity contribution in [2.75, 3.05) is 26.4 Å². The van der Waals surface area contributed by atoms with E-state index in [0.29, 0.717) is 19.8 Å². The average molecular weight is 189 g/mol. The van der Waals surface area contributed by atoms with E-state index in [2.05, 4.69) is 10.1 Å². The molecule has 5 nitrogen and oxygen atoms in total. The summed E-state index contributed by atoms with van der Waals surface area (Å²) in [5.41, 5.74) is 0. The number of amides is 1. The van der Waals surface area contributed by atoms with Gasteiger partial charge < -0.3 is 14.8 Å². The molecule has 0 atom stereocenters. The maximum atomic E-state index is 10.9. The van der Waals surface area contributed by atoms with Crippen LogP contribution in [0.2, 0.25) is 0 Å². The molecule has 0 spiro atoms. The maximum Gasteiger partial charge on any atom is 0.396 e. The zero-order chi connectivity index (χ0) is 10.1. The van der Waals surface area contributed by atoms with Crippen molar-refractivity contribution >= 4 is 11.9 Å². The van der Waals surface area contributed by atoms with Gasteiger partial charge in [0.05, 0.1) is 13.2 Å². The smallest absolute Gasteiger partial charge is 0.396 e. The highest BCUT2D eigenvalue weighted by Crippen LogP contribution is 1.78. The first kappa shape index (κ1) is 11.9. The molecule has 1 amide bonds. The van der Waals surface area contributed by atoms with Crippen LogP contribution in [0, 0.1) is 0 Å². The van der Waals surface area contributed by atoms with E-state index in [0.717, 1.165) is 0 Å². The van der Waals surface area contributed by atoms with Gasteiger partial charge in [-0.2, -0.15) is 0 Å². The van der Waals surface area contributed by atoms with Gasteiger partial charge in [0.2, 0.25) is 0 Å². The summed E-state index contributed by atoms with van der Waals surface area (Å²) >= 11 is 0. The third-order valence-electron chi connectivity index (χ3n) is 1.20. The Hall–Kier alpha value is -1.10. The Morgan fingerprint density at radius 2 is 1.92 bits per heavy atom. The van der Waals surface area contributed by atoms with Crippen LogP contribution in [0.5, 0.6) is 0 Å². The lowest BCUT2D eigenvalue weighted by molar-refractivity contribution is -0.154.